The van der Waals surface area contributed by atoms with Gasteiger partial charge in [-0.25, -0.2) is 13.6 Å². The number of nitrogens with one attached hydrogen (secondary N) is 1. The Labute approximate surface area is 120 Å². The molecule has 1 rings (SSSR count). The van der Waals surface area contributed by atoms with Crippen LogP contribution in [0.2, 0.25) is 0 Å². The average molecular weight is 298 g/mol. The van der Waals surface area contributed by atoms with Crippen molar-refractivity contribution in [2.45, 2.75) is 51.5 Å². The van der Waals surface area contributed by atoms with Gasteiger partial charge in [0.25, 0.3) is 5.91 Å². The smallest absolute Gasteiger partial charge is 0.251 e. The second-order valence-corrected chi connectivity index (χ2v) is 7.18. The highest BCUT2D eigenvalue weighted by atomic mass is 32.2. The molecule has 0 fully saturated rings. The predicted molar refractivity (Wildman–Crippen MR) is 79.1 cm³/mol. The largest absolute Gasteiger partial charge is 0.347 e. The van der Waals surface area contributed by atoms with Crippen molar-refractivity contribution < 1.29 is 13.2 Å². The lowest BCUT2D eigenvalue weighted by Gasteiger charge is -2.24. The maximum absolute atomic E-state index is 12.2. The lowest BCUT2D eigenvalue weighted by molar-refractivity contribution is 0.0911. The van der Waals surface area contributed by atoms with E-state index in [2.05, 4.69) is 5.32 Å². The first-order valence-corrected chi connectivity index (χ1v) is 7.99. The zero-order valence-electron chi connectivity index (χ0n) is 12.6. The molecule has 5 nitrogen and oxygen atoms in total. The van der Waals surface area contributed by atoms with Crippen LogP contribution < -0.4 is 10.5 Å². The molecule has 0 heterocycles. The van der Waals surface area contributed by atoms with E-state index in [4.69, 9.17) is 5.14 Å². The summed E-state index contributed by atoms with van der Waals surface area (Å²) in [5, 5.41) is 8.06. The third kappa shape index (κ3) is 3.80. The van der Waals surface area contributed by atoms with Gasteiger partial charge < -0.3 is 5.32 Å². The standard InChI is InChI=1S/C14H22N2O3S/c1-6-14(4,5)16-13(17)11-7-9(2)10(3)12(8-11)20(15,18)19/h7-8H,6H2,1-5H3,(H,16,17)(H2,15,18,19). The Hall–Kier alpha value is -1.40. The van der Waals surface area contributed by atoms with Crippen molar-refractivity contribution in [3.05, 3.63) is 28.8 Å². The van der Waals surface area contributed by atoms with Crippen LogP contribution in [0.15, 0.2) is 17.0 Å². The van der Waals surface area contributed by atoms with E-state index in [0.717, 1.165) is 12.0 Å². The fourth-order valence-corrected chi connectivity index (χ4v) is 2.60. The molecular formula is C14H22N2O3S. The quantitative estimate of drug-likeness (QED) is 0.889. The Bertz CT molecular complexity index is 634. The summed E-state index contributed by atoms with van der Waals surface area (Å²) in [6.07, 6.45) is 0.769. The third-order valence-electron chi connectivity index (χ3n) is 3.52. The Morgan fingerprint density at radius 3 is 2.30 bits per heavy atom. The van der Waals surface area contributed by atoms with E-state index in [9.17, 15) is 13.2 Å². The number of hydrogen-bond donors (Lipinski definition) is 2. The highest BCUT2D eigenvalue weighted by molar-refractivity contribution is 7.89. The zero-order valence-corrected chi connectivity index (χ0v) is 13.4. The maximum Gasteiger partial charge on any atom is 0.251 e. The monoisotopic (exact) mass is 298 g/mol. The molecule has 0 saturated carbocycles. The van der Waals surface area contributed by atoms with Gasteiger partial charge in [-0.1, -0.05) is 6.92 Å². The minimum absolute atomic E-state index is 0.00282. The van der Waals surface area contributed by atoms with Gasteiger partial charge in [0.05, 0.1) is 4.90 Å². The molecule has 0 aliphatic rings. The molecule has 0 aromatic heterocycles. The molecule has 0 radical (unpaired) electrons. The van der Waals surface area contributed by atoms with E-state index in [1.807, 2.05) is 20.8 Å². The van der Waals surface area contributed by atoms with Crippen LogP contribution in [0.4, 0.5) is 0 Å². The van der Waals surface area contributed by atoms with E-state index in [-0.39, 0.29) is 16.3 Å². The lowest BCUT2D eigenvalue weighted by atomic mass is 10.0. The SMILES string of the molecule is CCC(C)(C)NC(=O)c1cc(C)c(C)c(S(N)(=O)=O)c1. The van der Waals surface area contributed by atoms with Gasteiger partial charge in [-0.05, 0) is 57.4 Å². The van der Waals surface area contributed by atoms with Gasteiger partial charge in [-0.15, -0.1) is 0 Å². The predicted octanol–water partition coefficient (Wildman–Crippen LogP) is 1.87. The number of carbonyl (C=O) groups is 1. The number of hydrogen-bond acceptors (Lipinski definition) is 3. The van der Waals surface area contributed by atoms with Gasteiger partial charge in [0, 0.05) is 11.1 Å². The highest BCUT2D eigenvalue weighted by Crippen LogP contribution is 2.20. The van der Waals surface area contributed by atoms with Crippen molar-refractivity contribution in [3.63, 3.8) is 0 Å². The number of amides is 1. The normalized spacial score (nSPS) is 12.3. The first-order valence-electron chi connectivity index (χ1n) is 6.44. The summed E-state index contributed by atoms with van der Waals surface area (Å²) in [4.78, 5) is 12.2. The van der Waals surface area contributed by atoms with Gasteiger partial charge >= 0.3 is 0 Å². The number of benzene rings is 1. The van der Waals surface area contributed by atoms with Crippen LogP contribution in [0.5, 0.6) is 0 Å². The van der Waals surface area contributed by atoms with E-state index in [0.29, 0.717) is 11.1 Å². The molecule has 1 aromatic rings. The molecule has 1 amide bonds. The second-order valence-electron chi connectivity index (χ2n) is 5.65. The number of sulfonamides is 1. The van der Waals surface area contributed by atoms with Gasteiger partial charge in [-0.2, -0.15) is 0 Å². The fourth-order valence-electron chi connectivity index (χ4n) is 1.72. The van der Waals surface area contributed by atoms with Crippen molar-refractivity contribution in [3.8, 4) is 0 Å². The van der Waals surface area contributed by atoms with Crippen LogP contribution in [0.25, 0.3) is 0 Å². The van der Waals surface area contributed by atoms with Crippen LogP contribution in [-0.4, -0.2) is 19.9 Å². The molecule has 1 aromatic carbocycles. The summed E-state index contributed by atoms with van der Waals surface area (Å²) in [5.74, 6) is -0.301. The fraction of sp³-hybridized carbons (Fsp3) is 0.500. The van der Waals surface area contributed by atoms with Crippen molar-refractivity contribution in [2.24, 2.45) is 5.14 Å². The molecule has 0 atom stereocenters. The van der Waals surface area contributed by atoms with E-state index >= 15 is 0 Å². The number of nitrogens with two attached hydrogens (primary N) is 1. The molecular weight excluding hydrogens is 276 g/mol. The molecule has 6 heteroatoms. The Morgan fingerprint density at radius 1 is 1.30 bits per heavy atom. The van der Waals surface area contributed by atoms with Crippen molar-refractivity contribution in [1.82, 2.24) is 5.32 Å². The summed E-state index contributed by atoms with van der Waals surface area (Å²) in [5.41, 5.74) is 1.24. The van der Waals surface area contributed by atoms with Crippen molar-refractivity contribution in [1.29, 1.82) is 0 Å². The van der Waals surface area contributed by atoms with E-state index in [1.54, 1.807) is 19.9 Å². The Balaban J connectivity index is 3.28. The molecule has 0 aliphatic carbocycles. The van der Waals surface area contributed by atoms with Crippen LogP contribution >= 0.6 is 0 Å². The molecule has 112 valence electrons. The average Bonchev–Trinajstić information content (AvgIpc) is 2.30. The summed E-state index contributed by atoms with van der Waals surface area (Å²) < 4.78 is 23.1. The number of carbonyl (C=O) groups excluding carboxylic acids is 1. The first kappa shape index (κ1) is 16.7. The maximum atomic E-state index is 12.2. The van der Waals surface area contributed by atoms with Crippen LogP contribution in [0.3, 0.4) is 0 Å². The van der Waals surface area contributed by atoms with Crippen molar-refractivity contribution >= 4 is 15.9 Å². The van der Waals surface area contributed by atoms with Gasteiger partial charge in [0.15, 0.2) is 0 Å². The first-order chi connectivity index (χ1) is 8.98. The van der Waals surface area contributed by atoms with Gasteiger partial charge in [0.1, 0.15) is 0 Å². The Kier molecular flexibility index (Phi) is 4.61. The Morgan fingerprint density at radius 2 is 1.85 bits per heavy atom. The third-order valence-corrected chi connectivity index (χ3v) is 4.56. The minimum atomic E-state index is -3.84. The number of primary sulfonamides is 1. The molecule has 0 bridgehead atoms. The van der Waals surface area contributed by atoms with Crippen LogP contribution in [-0.2, 0) is 10.0 Å². The minimum Gasteiger partial charge on any atom is -0.347 e. The van der Waals surface area contributed by atoms with Crippen LogP contribution in [0, 0.1) is 13.8 Å². The highest BCUT2D eigenvalue weighted by Gasteiger charge is 2.21. The molecule has 20 heavy (non-hydrogen) atoms. The van der Waals surface area contributed by atoms with Crippen LogP contribution in [0.1, 0.15) is 48.7 Å². The summed E-state index contributed by atoms with van der Waals surface area (Å²) in [6, 6.07) is 3.00. The van der Waals surface area contributed by atoms with E-state index < -0.39 is 10.0 Å². The summed E-state index contributed by atoms with van der Waals surface area (Å²) in [7, 11) is -3.84. The number of rotatable bonds is 4. The molecule has 0 aliphatic heterocycles. The molecule has 3 N–H and O–H groups in total. The molecule has 0 spiro atoms. The number of aryl methyl sites for hydroxylation is 1. The van der Waals surface area contributed by atoms with Crippen molar-refractivity contribution in [2.75, 3.05) is 0 Å². The lowest BCUT2D eigenvalue weighted by Crippen LogP contribution is -2.42. The van der Waals surface area contributed by atoms with E-state index in [1.165, 1.54) is 6.07 Å². The van der Waals surface area contributed by atoms with Gasteiger partial charge in [0.2, 0.25) is 10.0 Å². The zero-order chi connectivity index (χ0) is 15.7. The van der Waals surface area contributed by atoms with Gasteiger partial charge in [-0.3, -0.25) is 4.79 Å². The topological polar surface area (TPSA) is 89.3 Å². The molecule has 0 saturated heterocycles. The summed E-state index contributed by atoms with van der Waals surface area (Å²) >= 11 is 0. The summed E-state index contributed by atoms with van der Waals surface area (Å²) in [6.45, 7) is 9.22. The molecule has 0 unspecified atom stereocenters. The second kappa shape index (κ2) is 5.54.